The summed E-state index contributed by atoms with van der Waals surface area (Å²) in [7, 11) is 0.466. The predicted octanol–water partition coefficient (Wildman–Crippen LogP) is 2.93. The zero-order valence-corrected chi connectivity index (χ0v) is 12.8. The summed E-state index contributed by atoms with van der Waals surface area (Å²) < 4.78 is 13.9. The van der Waals surface area contributed by atoms with Gasteiger partial charge < -0.3 is 5.73 Å². The fourth-order valence-corrected chi connectivity index (χ4v) is 3.58. The molecule has 0 aliphatic rings. The zero-order valence-electron chi connectivity index (χ0n) is 10.5. The van der Waals surface area contributed by atoms with Crippen LogP contribution in [-0.2, 0) is 23.6 Å². The lowest BCUT2D eigenvalue weighted by atomic mass is 10.3. The SMILES string of the molecule is Cc1nn(C)c(Cl)c1CS(=O)c1ccc(Cl)cc1N. The number of aryl methyl sites for hydroxylation is 2. The van der Waals surface area contributed by atoms with Gasteiger partial charge in [0, 0.05) is 23.3 Å². The Morgan fingerprint density at radius 2 is 2.11 bits per heavy atom. The molecule has 1 heterocycles. The second-order valence-electron chi connectivity index (χ2n) is 4.15. The van der Waals surface area contributed by atoms with Gasteiger partial charge in [0.25, 0.3) is 0 Å². The van der Waals surface area contributed by atoms with Crippen LogP contribution in [0.1, 0.15) is 11.3 Å². The zero-order chi connectivity index (χ0) is 14.2. The van der Waals surface area contributed by atoms with Crippen molar-refractivity contribution in [2.24, 2.45) is 7.05 Å². The maximum absolute atomic E-state index is 12.4. The molecule has 7 heteroatoms. The molecule has 0 bridgehead atoms. The minimum Gasteiger partial charge on any atom is -0.398 e. The first-order valence-electron chi connectivity index (χ1n) is 5.51. The van der Waals surface area contributed by atoms with Crippen LogP contribution >= 0.6 is 23.2 Å². The van der Waals surface area contributed by atoms with E-state index in [4.69, 9.17) is 28.9 Å². The minimum atomic E-state index is -1.28. The molecule has 19 heavy (non-hydrogen) atoms. The molecule has 0 fully saturated rings. The number of benzene rings is 1. The highest BCUT2D eigenvalue weighted by Gasteiger charge is 2.16. The number of nitrogens with zero attached hydrogens (tertiary/aromatic N) is 2. The molecule has 2 N–H and O–H groups in total. The first-order valence-corrected chi connectivity index (χ1v) is 7.59. The fourth-order valence-electron chi connectivity index (χ4n) is 1.77. The van der Waals surface area contributed by atoms with Crippen LogP contribution < -0.4 is 5.73 Å². The molecule has 0 aliphatic heterocycles. The van der Waals surface area contributed by atoms with Gasteiger partial charge in [0.1, 0.15) is 5.15 Å². The van der Waals surface area contributed by atoms with E-state index in [1.807, 2.05) is 6.92 Å². The molecule has 1 unspecified atom stereocenters. The van der Waals surface area contributed by atoms with Gasteiger partial charge in [-0.05, 0) is 25.1 Å². The van der Waals surface area contributed by atoms with E-state index in [9.17, 15) is 4.21 Å². The van der Waals surface area contributed by atoms with Gasteiger partial charge in [-0.3, -0.25) is 8.89 Å². The normalized spacial score (nSPS) is 12.6. The van der Waals surface area contributed by atoms with E-state index in [0.717, 1.165) is 11.3 Å². The lowest BCUT2D eigenvalue weighted by Gasteiger charge is -2.06. The first-order chi connectivity index (χ1) is 8.90. The lowest BCUT2D eigenvalue weighted by molar-refractivity contribution is 0.683. The maximum atomic E-state index is 12.4. The Hall–Kier alpha value is -1.04. The number of nitrogens with two attached hydrogens (primary N) is 1. The smallest absolute Gasteiger partial charge is 0.131 e. The third-order valence-corrected chi connectivity index (χ3v) is 4.88. The van der Waals surface area contributed by atoms with Crippen molar-refractivity contribution in [3.8, 4) is 0 Å². The van der Waals surface area contributed by atoms with Crippen molar-refractivity contribution in [1.29, 1.82) is 0 Å². The van der Waals surface area contributed by atoms with Crippen LogP contribution in [0.2, 0.25) is 10.2 Å². The van der Waals surface area contributed by atoms with E-state index in [1.165, 1.54) is 0 Å². The van der Waals surface area contributed by atoms with Crippen molar-refractivity contribution in [3.05, 3.63) is 39.6 Å². The summed E-state index contributed by atoms with van der Waals surface area (Å²) in [4.78, 5) is 0.559. The van der Waals surface area contributed by atoms with E-state index in [-0.39, 0.29) is 5.75 Å². The molecule has 2 aromatic rings. The predicted molar refractivity (Wildman–Crippen MR) is 78.9 cm³/mol. The molecule has 1 aromatic carbocycles. The van der Waals surface area contributed by atoms with Gasteiger partial charge in [-0.2, -0.15) is 5.10 Å². The Labute approximate surface area is 124 Å². The molecule has 0 amide bonds. The van der Waals surface area contributed by atoms with E-state index in [0.29, 0.717) is 20.8 Å². The molecule has 2 rings (SSSR count). The van der Waals surface area contributed by atoms with Gasteiger partial charge in [0.15, 0.2) is 0 Å². The molecule has 0 radical (unpaired) electrons. The Bertz CT molecular complexity index is 655. The fraction of sp³-hybridized carbons (Fsp3) is 0.250. The minimum absolute atomic E-state index is 0.282. The van der Waals surface area contributed by atoms with Crippen LogP contribution in [0.15, 0.2) is 23.1 Å². The van der Waals surface area contributed by atoms with Crippen LogP contribution in [-0.4, -0.2) is 14.0 Å². The summed E-state index contributed by atoms with van der Waals surface area (Å²) in [5.74, 6) is 0.282. The second kappa shape index (κ2) is 5.53. The number of aromatic nitrogens is 2. The average Bonchev–Trinajstić information content (AvgIpc) is 2.56. The standard InChI is InChI=1S/C12H13Cl2N3OS/c1-7-9(12(14)17(2)16-7)6-19(18)11-4-3-8(13)5-10(11)15/h3-5H,6,15H2,1-2H3. The molecule has 102 valence electrons. The van der Waals surface area contributed by atoms with Crippen LogP contribution in [0.25, 0.3) is 0 Å². The summed E-state index contributed by atoms with van der Waals surface area (Å²) in [6.07, 6.45) is 0. The molecule has 0 saturated heterocycles. The Morgan fingerprint density at radius 1 is 1.42 bits per heavy atom. The Balaban J connectivity index is 2.31. The van der Waals surface area contributed by atoms with Crippen LogP contribution in [0.5, 0.6) is 0 Å². The first kappa shape index (κ1) is 14.4. The van der Waals surface area contributed by atoms with E-state index in [2.05, 4.69) is 5.10 Å². The number of nitrogen functional groups attached to an aromatic ring is 1. The third kappa shape index (κ3) is 2.94. The summed E-state index contributed by atoms with van der Waals surface area (Å²) >= 11 is 11.9. The van der Waals surface area contributed by atoms with E-state index >= 15 is 0 Å². The van der Waals surface area contributed by atoms with E-state index in [1.54, 1.807) is 29.9 Å². The van der Waals surface area contributed by atoms with Crippen LogP contribution in [0, 0.1) is 6.92 Å². The molecule has 0 saturated carbocycles. The highest BCUT2D eigenvalue weighted by molar-refractivity contribution is 7.84. The van der Waals surface area contributed by atoms with Crippen molar-refractivity contribution < 1.29 is 4.21 Å². The van der Waals surface area contributed by atoms with Crippen molar-refractivity contribution in [2.45, 2.75) is 17.6 Å². The van der Waals surface area contributed by atoms with Gasteiger partial charge >= 0.3 is 0 Å². The molecule has 4 nitrogen and oxygen atoms in total. The number of halogens is 2. The topological polar surface area (TPSA) is 60.9 Å². The van der Waals surface area contributed by atoms with Crippen LogP contribution in [0.4, 0.5) is 5.69 Å². The van der Waals surface area contributed by atoms with Crippen molar-refractivity contribution in [3.63, 3.8) is 0 Å². The quantitative estimate of drug-likeness (QED) is 0.885. The van der Waals surface area contributed by atoms with Gasteiger partial charge in [-0.25, -0.2) is 0 Å². The number of hydrogen-bond donors (Lipinski definition) is 1. The summed E-state index contributed by atoms with van der Waals surface area (Å²) in [5.41, 5.74) is 7.79. The summed E-state index contributed by atoms with van der Waals surface area (Å²) in [6, 6.07) is 4.93. The van der Waals surface area contributed by atoms with Gasteiger partial charge in [-0.15, -0.1) is 0 Å². The largest absolute Gasteiger partial charge is 0.398 e. The lowest BCUT2D eigenvalue weighted by Crippen LogP contribution is -2.02. The molecule has 1 aromatic heterocycles. The van der Waals surface area contributed by atoms with Gasteiger partial charge in [0.2, 0.25) is 0 Å². The van der Waals surface area contributed by atoms with Gasteiger partial charge in [-0.1, -0.05) is 23.2 Å². The highest BCUT2D eigenvalue weighted by atomic mass is 35.5. The molecule has 0 spiro atoms. The van der Waals surface area contributed by atoms with Crippen molar-refractivity contribution in [1.82, 2.24) is 9.78 Å². The third-order valence-electron chi connectivity index (χ3n) is 2.76. The molecular formula is C12H13Cl2N3OS. The number of hydrogen-bond acceptors (Lipinski definition) is 3. The second-order valence-corrected chi connectivity index (χ2v) is 6.36. The van der Waals surface area contributed by atoms with E-state index < -0.39 is 10.8 Å². The molecule has 1 atom stereocenters. The highest BCUT2D eigenvalue weighted by Crippen LogP contribution is 2.26. The Morgan fingerprint density at radius 3 is 2.63 bits per heavy atom. The van der Waals surface area contributed by atoms with Crippen LogP contribution in [0.3, 0.4) is 0 Å². The molecular weight excluding hydrogens is 305 g/mol. The molecule has 0 aliphatic carbocycles. The number of rotatable bonds is 3. The number of anilines is 1. The van der Waals surface area contributed by atoms with Crippen molar-refractivity contribution >= 4 is 39.7 Å². The maximum Gasteiger partial charge on any atom is 0.131 e. The summed E-state index contributed by atoms with van der Waals surface area (Å²) in [6.45, 7) is 1.84. The summed E-state index contributed by atoms with van der Waals surface area (Å²) in [5, 5.41) is 5.21. The Kier molecular flexibility index (Phi) is 4.18. The van der Waals surface area contributed by atoms with Crippen molar-refractivity contribution in [2.75, 3.05) is 5.73 Å². The monoisotopic (exact) mass is 317 g/mol. The average molecular weight is 318 g/mol. The van der Waals surface area contributed by atoms with Gasteiger partial charge in [0.05, 0.1) is 27.1 Å².